The van der Waals surface area contributed by atoms with Gasteiger partial charge in [0, 0.05) is 11.8 Å². The minimum Gasteiger partial charge on any atom is -0.508 e. The van der Waals surface area contributed by atoms with Gasteiger partial charge in [0.25, 0.3) is 0 Å². The number of benzene rings is 2. The summed E-state index contributed by atoms with van der Waals surface area (Å²) in [5.74, 6) is -3.13. The van der Waals surface area contributed by atoms with Crippen molar-refractivity contribution >= 4 is 23.2 Å². The van der Waals surface area contributed by atoms with Crippen LogP contribution in [0.2, 0.25) is 0 Å². The quantitative estimate of drug-likeness (QED) is 0.844. The zero-order valence-electron chi connectivity index (χ0n) is 12.5. The molecule has 0 saturated heterocycles. The van der Waals surface area contributed by atoms with Crippen molar-refractivity contribution in [2.75, 3.05) is 4.90 Å². The highest BCUT2D eigenvalue weighted by Crippen LogP contribution is 2.49. The minimum atomic E-state index is -1.38. The van der Waals surface area contributed by atoms with Crippen molar-refractivity contribution in [3.05, 3.63) is 54.1 Å². The number of phenols is 1. The van der Waals surface area contributed by atoms with Crippen LogP contribution in [0, 0.1) is 17.0 Å². The number of amides is 2. The molecule has 0 unspecified atom stereocenters. The van der Waals surface area contributed by atoms with Gasteiger partial charge in [-0.15, -0.1) is 0 Å². The van der Waals surface area contributed by atoms with E-state index in [9.17, 15) is 23.5 Å². The van der Waals surface area contributed by atoms with Crippen LogP contribution in [-0.2, 0) is 9.59 Å². The number of carbonyl (C=O) groups is 2. The minimum absolute atomic E-state index is 0.156. The fraction of sp³-hybridized carbons (Fsp3) is 0.176. The third kappa shape index (κ3) is 2.58. The molecule has 3 rings (SSSR count). The SMILES string of the molecule is NC(=O)C1(C(=O)N(c2ccc(F)cc2)c2ccc(O)cc2F)CC1. The Morgan fingerprint density at radius 2 is 1.71 bits per heavy atom. The van der Waals surface area contributed by atoms with Crippen molar-refractivity contribution in [3.63, 3.8) is 0 Å². The van der Waals surface area contributed by atoms with Gasteiger partial charge >= 0.3 is 0 Å². The topological polar surface area (TPSA) is 83.6 Å². The molecule has 0 aliphatic heterocycles. The van der Waals surface area contributed by atoms with Crippen LogP contribution >= 0.6 is 0 Å². The Bertz CT molecular complexity index is 817. The molecule has 1 aliphatic carbocycles. The molecule has 7 heteroatoms. The number of anilines is 2. The van der Waals surface area contributed by atoms with Crippen molar-refractivity contribution in [1.29, 1.82) is 0 Å². The van der Waals surface area contributed by atoms with Gasteiger partial charge in [0.2, 0.25) is 11.8 Å². The lowest BCUT2D eigenvalue weighted by molar-refractivity contribution is -0.133. The third-order valence-corrected chi connectivity index (χ3v) is 4.09. The molecule has 1 aliphatic rings. The van der Waals surface area contributed by atoms with Crippen molar-refractivity contribution in [1.82, 2.24) is 0 Å². The van der Waals surface area contributed by atoms with E-state index in [4.69, 9.17) is 5.73 Å². The monoisotopic (exact) mass is 332 g/mol. The summed E-state index contributed by atoms with van der Waals surface area (Å²) in [6.07, 6.45) is 0.553. The van der Waals surface area contributed by atoms with E-state index in [1.165, 1.54) is 24.3 Å². The first kappa shape index (κ1) is 15.9. The van der Waals surface area contributed by atoms with Crippen LogP contribution in [0.25, 0.3) is 0 Å². The number of aromatic hydroxyl groups is 1. The lowest BCUT2D eigenvalue weighted by atomic mass is 10.0. The van der Waals surface area contributed by atoms with Gasteiger partial charge in [0.05, 0.1) is 5.69 Å². The summed E-state index contributed by atoms with van der Waals surface area (Å²) in [6.45, 7) is 0. The van der Waals surface area contributed by atoms with Gasteiger partial charge in [0.1, 0.15) is 17.0 Å². The number of nitrogens with zero attached hydrogens (tertiary/aromatic N) is 1. The summed E-state index contributed by atoms with van der Waals surface area (Å²) in [4.78, 5) is 25.6. The summed E-state index contributed by atoms with van der Waals surface area (Å²) in [7, 11) is 0. The second kappa shape index (κ2) is 5.59. The van der Waals surface area contributed by atoms with Crippen LogP contribution in [0.1, 0.15) is 12.8 Å². The number of nitrogens with two attached hydrogens (primary N) is 1. The molecule has 5 nitrogen and oxygen atoms in total. The lowest BCUT2D eigenvalue weighted by Crippen LogP contribution is -2.41. The van der Waals surface area contributed by atoms with Crippen molar-refractivity contribution in [2.45, 2.75) is 12.8 Å². The second-order valence-corrected chi connectivity index (χ2v) is 5.70. The summed E-state index contributed by atoms with van der Waals surface area (Å²) >= 11 is 0. The molecule has 3 N–H and O–H groups in total. The third-order valence-electron chi connectivity index (χ3n) is 4.09. The number of carbonyl (C=O) groups excluding carboxylic acids is 2. The van der Waals surface area contributed by atoms with E-state index in [1.807, 2.05) is 0 Å². The predicted octanol–water partition coefficient (Wildman–Crippen LogP) is 2.60. The van der Waals surface area contributed by atoms with Crippen molar-refractivity contribution < 1.29 is 23.5 Å². The molecule has 24 heavy (non-hydrogen) atoms. The second-order valence-electron chi connectivity index (χ2n) is 5.70. The Balaban J connectivity index is 2.12. The van der Waals surface area contributed by atoms with E-state index in [2.05, 4.69) is 0 Å². The maximum atomic E-state index is 14.3. The maximum absolute atomic E-state index is 14.3. The lowest BCUT2D eigenvalue weighted by Gasteiger charge is -2.26. The first-order valence-corrected chi connectivity index (χ1v) is 7.24. The van der Waals surface area contributed by atoms with E-state index >= 15 is 0 Å². The molecular weight excluding hydrogens is 318 g/mol. The van der Waals surface area contributed by atoms with Crippen LogP contribution < -0.4 is 10.6 Å². The number of phenolic OH excluding ortho intramolecular Hbond substituents is 1. The molecule has 0 aromatic heterocycles. The summed E-state index contributed by atoms with van der Waals surface area (Å²) in [5, 5.41) is 9.36. The van der Waals surface area contributed by atoms with E-state index < -0.39 is 28.9 Å². The van der Waals surface area contributed by atoms with E-state index in [0.717, 1.165) is 23.1 Å². The smallest absolute Gasteiger partial charge is 0.247 e. The van der Waals surface area contributed by atoms with Gasteiger partial charge in [-0.2, -0.15) is 0 Å². The normalized spacial score (nSPS) is 14.9. The van der Waals surface area contributed by atoms with Crippen molar-refractivity contribution in [3.8, 4) is 5.75 Å². The average molecular weight is 332 g/mol. The Morgan fingerprint density at radius 1 is 1.08 bits per heavy atom. The summed E-state index contributed by atoms with van der Waals surface area (Å²) in [5.41, 5.74) is 3.99. The van der Waals surface area contributed by atoms with Gasteiger partial charge in [0.15, 0.2) is 5.82 Å². The zero-order valence-corrected chi connectivity index (χ0v) is 12.5. The molecule has 1 saturated carbocycles. The summed E-state index contributed by atoms with van der Waals surface area (Å²) < 4.78 is 27.5. The molecule has 124 valence electrons. The van der Waals surface area contributed by atoms with Crippen LogP contribution in [0.5, 0.6) is 5.75 Å². The molecule has 0 heterocycles. The standard InChI is InChI=1S/C17H14F2N2O3/c18-10-1-3-11(4-2-10)21(14-6-5-12(22)9-13(14)19)16(24)17(7-8-17)15(20)23/h1-6,9,22H,7-8H2,(H2,20,23). The molecule has 2 amide bonds. The van der Waals surface area contributed by atoms with E-state index in [0.29, 0.717) is 0 Å². The molecule has 0 bridgehead atoms. The number of primary amides is 1. The fourth-order valence-corrected chi connectivity index (χ4v) is 2.54. The zero-order chi connectivity index (χ0) is 17.5. The largest absolute Gasteiger partial charge is 0.508 e. The van der Waals surface area contributed by atoms with E-state index in [-0.39, 0.29) is 30.0 Å². The van der Waals surface area contributed by atoms with Gasteiger partial charge in [-0.1, -0.05) is 0 Å². The molecule has 2 aromatic carbocycles. The highest BCUT2D eigenvalue weighted by molar-refractivity contribution is 6.16. The van der Waals surface area contributed by atoms with Gasteiger partial charge in [-0.05, 0) is 49.2 Å². The number of halogens is 2. The Hall–Kier alpha value is -2.96. The Kier molecular flexibility index (Phi) is 3.71. The highest BCUT2D eigenvalue weighted by atomic mass is 19.1. The number of rotatable bonds is 4. The molecule has 2 aromatic rings. The summed E-state index contributed by atoms with van der Waals surface area (Å²) in [6, 6.07) is 8.13. The Morgan fingerprint density at radius 3 is 2.21 bits per heavy atom. The van der Waals surface area contributed by atoms with Crippen LogP contribution in [-0.4, -0.2) is 16.9 Å². The Labute approximate surface area is 136 Å². The average Bonchev–Trinajstić information content (AvgIpc) is 3.33. The highest BCUT2D eigenvalue weighted by Gasteiger charge is 2.57. The van der Waals surface area contributed by atoms with Gasteiger partial charge < -0.3 is 10.8 Å². The van der Waals surface area contributed by atoms with Crippen LogP contribution in [0.4, 0.5) is 20.2 Å². The number of hydrogen-bond acceptors (Lipinski definition) is 3. The molecular formula is C17H14F2N2O3. The van der Waals surface area contributed by atoms with Gasteiger partial charge in [-0.3, -0.25) is 14.5 Å². The molecule has 0 spiro atoms. The first-order valence-electron chi connectivity index (χ1n) is 7.24. The van der Waals surface area contributed by atoms with Crippen LogP contribution in [0.3, 0.4) is 0 Å². The number of hydrogen-bond donors (Lipinski definition) is 2. The molecule has 0 atom stereocenters. The first-order chi connectivity index (χ1) is 11.3. The maximum Gasteiger partial charge on any atom is 0.247 e. The molecule has 1 fully saturated rings. The van der Waals surface area contributed by atoms with Crippen LogP contribution in [0.15, 0.2) is 42.5 Å². The predicted molar refractivity (Wildman–Crippen MR) is 82.5 cm³/mol. The molecule has 0 radical (unpaired) electrons. The fourth-order valence-electron chi connectivity index (χ4n) is 2.54. The van der Waals surface area contributed by atoms with Gasteiger partial charge in [-0.25, -0.2) is 8.78 Å². The van der Waals surface area contributed by atoms with E-state index in [1.54, 1.807) is 0 Å². The van der Waals surface area contributed by atoms with Crippen molar-refractivity contribution in [2.24, 2.45) is 11.1 Å².